The molecular weight excluding hydrogens is 140 g/mol. The minimum absolute atomic E-state index is 0.384. The molecule has 3 heteroatoms. The second kappa shape index (κ2) is 4.13. The van der Waals surface area contributed by atoms with Crippen LogP contribution in [0.4, 0.5) is 0 Å². The van der Waals surface area contributed by atoms with Crippen molar-refractivity contribution in [1.29, 1.82) is 0 Å². The number of nitrogens with zero attached hydrogens (tertiary/aromatic N) is 2. The zero-order valence-corrected chi connectivity index (χ0v) is 7.03. The number of rotatable bonds is 4. The van der Waals surface area contributed by atoms with E-state index in [2.05, 4.69) is 12.0 Å². The van der Waals surface area contributed by atoms with E-state index in [-0.39, 0.29) is 0 Å². The number of aromatic nitrogens is 2. The SMILES string of the molecule is CCC(COC)n1cccn1. The molecule has 0 bridgehead atoms. The molecule has 0 saturated heterocycles. The van der Waals surface area contributed by atoms with Gasteiger partial charge in [-0.15, -0.1) is 0 Å². The standard InChI is InChI=1S/C8H14N2O/c1-3-8(7-11-2)10-6-4-5-9-10/h4-6,8H,3,7H2,1-2H3. The highest BCUT2D eigenvalue weighted by atomic mass is 16.5. The zero-order chi connectivity index (χ0) is 8.10. The molecule has 0 saturated carbocycles. The van der Waals surface area contributed by atoms with E-state index >= 15 is 0 Å². The van der Waals surface area contributed by atoms with Crippen molar-refractivity contribution in [3.05, 3.63) is 18.5 Å². The van der Waals surface area contributed by atoms with E-state index in [0.29, 0.717) is 6.04 Å². The van der Waals surface area contributed by atoms with Crippen molar-refractivity contribution in [1.82, 2.24) is 9.78 Å². The summed E-state index contributed by atoms with van der Waals surface area (Å²) >= 11 is 0. The first-order valence-corrected chi connectivity index (χ1v) is 3.86. The highest BCUT2D eigenvalue weighted by Gasteiger charge is 2.06. The molecule has 0 amide bonds. The molecule has 1 heterocycles. The minimum atomic E-state index is 0.384. The van der Waals surface area contributed by atoms with E-state index in [1.54, 1.807) is 13.3 Å². The monoisotopic (exact) mass is 154 g/mol. The van der Waals surface area contributed by atoms with Gasteiger partial charge in [0, 0.05) is 19.5 Å². The quantitative estimate of drug-likeness (QED) is 0.656. The second-order valence-electron chi connectivity index (χ2n) is 2.50. The predicted octanol–water partition coefficient (Wildman–Crippen LogP) is 1.48. The van der Waals surface area contributed by atoms with E-state index in [1.165, 1.54) is 0 Å². The molecule has 11 heavy (non-hydrogen) atoms. The lowest BCUT2D eigenvalue weighted by molar-refractivity contribution is 0.147. The summed E-state index contributed by atoms with van der Waals surface area (Å²) in [5.74, 6) is 0. The first-order chi connectivity index (χ1) is 5.38. The average Bonchev–Trinajstić information content (AvgIpc) is 2.52. The average molecular weight is 154 g/mol. The van der Waals surface area contributed by atoms with Crippen molar-refractivity contribution in [3.8, 4) is 0 Å². The van der Waals surface area contributed by atoms with Gasteiger partial charge in [-0.2, -0.15) is 5.10 Å². The Morgan fingerprint density at radius 2 is 2.45 bits per heavy atom. The van der Waals surface area contributed by atoms with Crippen molar-refractivity contribution in [2.45, 2.75) is 19.4 Å². The van der Waals surface area contributed by atoms with Gasteiger partial charge in [-0.05, 0) is 12.5 Å². The van der Waals surface area contributed by atoms with Gasteiger partial charge < -0.3 is 4.74 Å². The third-order valence-corrected chi connectivity index (χ3v) is 1.73. The van der Waals surface area contributed by atoms with Gasteiger partial charge in [0.05, 0.1) is 12.6 Å². The molecule has 0 radical (unpaired) electrons. The Morgan fingerprint density at radius 3 is 2.91 bits per heavy atom. The van der Waals surface area contributed by atoms with Gasteiger partial charge in [0.1, 0.15) is 0 Å². The molecular formula is C8H14N2O. The topological polar surface area (TPSA) is 27.1 Å². The summed E-state index contributed by atoms with van der Waals surface area (Å²) < 4.78 is 6.99. The number of methoxy groups -OCH3 is 1. The molecule has 1 atom stereocenters. The minimum Gasteiger partial charge on any atom is -0.382 e. The zero-order valence-electron chi connectivity index (χ0n) is 7.03. The van der Waals surface area contributed by atoms with Crippen LogP contribution >= 0.6 is 0 Å². The molecule has 0 N–H and O–H groups in total. The first kappa shape index (κ1) is 8.27. The Hall–Kier alpha value is -0.830. The molecule has 0 aliphatic heterocycles. The van der Waals surface area contributed by atoms with Crippen molar-refractivity contribution < 1.29 is 4.74 Å². The van der Waals surface area contributed by atoms with Crippen LogP contribution in [0.2, 0.25) is 0 Å². The Balaban J connectivity index is 2.56. The van der Waals surface area contributed by atoms with E-state index in [0.717, 1.165) is 13.0 Å². The first-order valence-electron chi connectivity index (χ1n) is 3.86. The van der Waals surface area contributed by atoms with Gasteiger partial charge in [0.2, 0.25) is 0 Å². The fourth-order valence-electron chi connectivity index (χ4n) is 1.07. The van der Waals surface area contributed by atoms with Crippen molar-refractivity contribution in [2.75, 3.05) is 13.7 Å². The Morgan fingerprint density at radius 1 is 1.64 bits per heavy atom. The molecule has 0 aromatic carbocycles. The molecule has 1 rings (SSSR count). The maximum atomic E-state index is 5.06. The van der Waals surface area contributed by atoms with Crippen LogP contribution in [-0.2, 0) is 4.74 Å². The van der Waals surface area contributed by atoms with Crippen LogP contribution in [0.15, 0.2) is 18.5 Å². The lowest BCUT2D eigenvalue weighted by Gasteiger charge is -2.13. The Labute approximate surface area is 67.0 Å². The van der Waals surface area contributed by atoms with Crippen LogP contribution in [0.3, 0.4) is 0 Å². The molecule has 1 aromatic rings. The Kier molecular flexibility index (Phi) is 3.11. The van der Waals surface area contributed by atoms with Crippen LogP contribution in [-0.4, -0.2) is 23.5 Å². The van der Waals surface area contributed by atoms with Gasteiger partial charge in [-0.25, -0.2) is 0 Å². The van der Waals surface area contributed by atoms with Crippen LogP contribution in [0.25, 0.3) is 0 Å². The van der Waals surface area contributed by atoms with E-state index in [1.807, 2.05) is 16.9 Å². The molecule has 0 aliphatic carbocycles. The Bertz CT molecular complexity index is 184. The molecule has 0 aliphatic rings. The summed E-state index contributed by atoms with van der Waals surface area (Å²) in [6.45, 7) is 2.86. The molecule has 1 aromatic heterocycles. The number of hydrogen-bond acceptors (Lipinski definition) is 2. The van der Waals surface area contributed by atoms with Gasteiger partial charge in [-0.1, -0.05) is 6.92 Å². The summed E-state index contributed by atoms with van der Waals surface area (Å²) in [6, 6.07) is 2.31. The van der Waals surface area contributed by atoms with Gasteiger partial charge in [0.25, 0.3) is 0 Å². The lowest BCUT2D eigenvalue weighted by Crippen LogP contribution is -2.13. The third kappa shape index (κ3) is 2.05. The third-order valence-electron chi connectivity index (χ3n) is 1.73. The predicted molar refractivity (Wildman–Crippen MR) is 43.4 cm³/mol. The van der Waals surface area contributed by atoms with Gasteiger partial charge in [0.15, 0.2) is 0 Å². The summed E-state index contributed by atoms with van der Waals surface area (Å²) in [6.07, 6.45) is 4.81. The van der Waals surface area contributed by atoms with Crippen LogP contribution in [0, 0.1) is 0 Å². The normalized spacial score (nSPS) is 13.3. The maximum absolute atomic E-state index is 5.06. The summed E-state index contributed by atoms with van der Waals surface area (Å²) in [7, 11) is 1.71. The van der Waals surface area contributed by atoms with E-state index in [4.69, 9.17) is 4.74 Å². The van der Waals surface area contributed by atoms with Crippen LogP contribution in [0.1, 0.15) is 19.4 Å². The second-order valence-corrected chi connectivity index (χ2v) is 2.50. The summed E-state index contributed by atoms with van der Waals surface area (Å²) in [5, 5.41) is 4.14. The van der Waals surface area contributed by atoms with Crippen LogP contribution < -0.4 is 0 Å². The number of ether oxygens (including phenoxy) is 1. The van der Waals surface area contributed by atoms with Crippen LogP contribution in [0.5, 0.6) is 0 Å². The highest BCUT2D eigenvalue weighted by Crippen LogP contribution is 2.08. The summed E-state index contributed by atoms with van der Waals surface area (Å²) in [4.78, 5) is 0. The molecule has 1 unspecified atom stereocenters. The van der Waals surface area contributed by atoms with Gasteiger partial charge in [-0.3, -0.25) is 4.68 Å². The molecule has 0 fully saturated rings. The van der Waals surface area contributed by atoms with E-state index < -0.39 is 0 Å². The smallest absolute Gasteiger partial charge is 0.0749 e. The summed E-state index contributed by atoms with van der Waals surface area (Å²) in [5.41, 5.74) is 0. The largest absolute Gasteiger partial charge is 0.382 e. The van der Waals surface area contributed by atoms with Gasteiger partial charge >= 0.3 is 0 Å². The van der Waals surface area contributed by atoms with Crippen molar-refractivity contribution in [2.24, 2.45) is 0 Å². The van der Waals surface area contributed by atoms with Crippen molar-refractivity contribution in [3.63, 3.8) is 0 Å². The lowest BCUT2D eigenvalue weighted by atomic mass is 10.2. The maximum Gasteiger partial charge on any atom is 0.0749 e. The highest BCUT2D eigenvalue weighted by molar-refractivity contribution is 4.81. The van der Waals surface area contributed by atoms with Crippen molar-refractivity contribution >= 4 is 0 Å². The fourth-order valence-corrected chi connectivity index (χ4v) is 1.07. The van der Waals surface area contributed by atoms with E-state index in [9.17, 15) is 0 Å². The fraction of sp³-hybridized carbons (Fsp3) is 0.625. The molecule has 62 valence electrons. The number of hydrogen-bond donors (Lipinski definition) is 0. The molecule has 0 spiro atoms. The molecule has 3 nitrogen and oxygen atoms in total.